The van der Waals surface area contributed by atoms with Crippen molar-refractivity contribution in [2.75, 3.05) is 0 Å². The number of aromatic hydroxyl groups is 1. The van der Waals surface area contributed by atoms with E-state index >= 15 is 0 Å². The number of allylic oxidation sites excluding steroid dienone is 1. The fraction of sp³-hybridized carbons (Fsp3) is 0.273. The molecule has 0 saturated carbocycles. The fourth-order valence-corrected chi connectivity index (χ4v) is 1.52. The van der Waals surface area contributed by atoms with Gasteiger partial charge in [0, 0.05) is 11.6 Å². The third-order valence-corrected chi connectivity index (χ3v) is 2.47. The van der Waals surface area contributed by atoms with Crippen LogP contribution in [0.3, 0.4) is 0 Å². The lowest BCUT2D eigenvalue weighted by Crippen LogP contribution is -2.12. The number of benzene rings is 1. The highest BCUT2D eigenvalue weighted by Gasteiger charge is 2.17. The highest BCUT2D eigenvalue weighted by Crippen LogP contribution is 2.34. The average molecular weight is 266 g/mol. The molecule has 0 amide bonds. The van der Waals surface area contributed by atoms with E-state index in [0.717, 1.165) is 0 Å². The Morgan fingerprint density at radius 3 is 2.75 bits per heavy atom. The molecule has 0 unspecified atom stereocenters. The van der Waals surface area contributed by atoms with Gasteiger partial charge >= 0.3 is 0 Å². The zero-order valence-electron chi connectivity index (χ0n) is 8.62. The van der Waals surface area contributed by atoms with Crippen LogP contribution < -0.4 is 5.73 Å². The van der Waals surface area contributed by atoms with Crippen LogP contribution in [0, 0.1) is 5.82 Å². The van der Waals surface area contributed by atoms with Crippen LogP contribution in [0.1, 0.15) is 24.4 Å². The first kappa shape index (κ1) is 15.2. The Labute approximate surface area is 105 Å². The topological polar surface area (TPSA) is 46.2 Å². The second-order valence-corrected chi connectivity index (χ2v) is 3.67. The molecule has 90 valence electrons. The van der Waals surface area contributed by atoms with Crippen molar-refractivity contribution in [3.63, 3.8) is 0 Å². The molecule has 0 radical (unpaired) electrons. The Bertz CT molecular complexity index is 371. The summed E-state index contributed by atoms with van der Waals surface area (Å²) in [7, 11) is 0. The molecule has 0 aliphatic rings. The van der Waals surface area contributed by atoms with E-state index in [1.54, 1.807) is 6.08 Å². The number of rotatable bonds is 4. The third kappa shape index (κ3) is 3.37. The monoisotopic (exact) mass is 265 g/mol. The van der Waals surface area contributed by atoms with Crippen LogP contribution in [-0.2, 0) is 0 Å². The molecule has 1 rings (SSSR count). The van der Waals surface area contributed by atoms with Gasteiger partial charge in [0.25, 0.3) is 0 Å². The van der Waals surface area contributed by atoms with Gasteiger partial charge in [0.15, 0.2) is 0 Å². The first-order valence-electron chi connectivity index (χ1n) is 4.61. The van der Waals surface area contributed by atoms with E-state index in [4.69, 9.17) is 17.3 Å². The molecule has 0 aliphatic carbocycles. The molecule has 5 heteroatoms. The van der Waals surface area contributed by atoms with E-state index in [1.807, 2.05) is 0 Å². The van der Waals surface area contributed by atoms with E-state index < -0.39 is 11.9 Å². The maximum atomic E-state index is 13.4. The Morgan fingerprint density at radius 2 is 2.19 bits per heavy atom. The quantitative estimate of drug-likeness (QED) is 0.818. The van der Waals surface area contributed by atoms with E-state index in [-0.39, 0.29) is 28.7 Å². The van der Waals surface area contributed by atoms with E-state index in [9.17, 15) is 9.50 Å². The molecule has 0 bridgehead atoms. The van der Waals surface area contributed by atoms with Crippen LogP contribution in [0.15, 0.2) is 24.8 Å². The molecule has 0 spiro atoms. The van der Waals surface area contributed by atoms with Crippen LogP contribution in [-0.4, -0.2) is 5.11 Å². The predicted octanol–water partition coefficient (Wildman–Crippen LogP) is 3.57. The summed E-state index contributed by atoms with van der Waals surface area (Å²) < 4.78 is 13.4. The first-order valence-corrected chi connectivity index (χ1v) is 4.99. The molecular weight excluding hydrogens is 252 g/mol. The molecule has 2 nitrogen and oxygen atoms in total. The molecule has 16 heavy (non-hydrogen) atoms. The van der Waals surface area contributed by atoms with Crippen molar-refractivity contribution in [2.24, 2.45) is 5.73 Å². The highest BCUT2D eigenvalue weighted by atomic mass is 35.5. The summed E-state index contributed by atoms with van der Waals surface area (Å²) in [5.41, 5.74) is 5.82. The molecule has 0 aromatic heterocycles. The lowest BCUT2D eigenvalue weighted by Gasteiger charge is -2.14. The van der Waals surface area contributed by atoms with E-state index in [1.165, 1.54) is 12.1 Å². The molecular formula is C11H14Cl2FNO. The Kier molecular flexibility index (Phi) is 6.41. The second-order valence-electron chi connectivity index (χ2n) is 3.26. The van der Waals surface area contributed by atoms with Crippen LogP contribution in [0.5, 0.6) is 5.75 Å². The Morgan fingerprint density at radius 1 is 1.56 bits per heavy atom. The smallest absolute Gasteiger partial charge is 0.141 e. The van der Waals surface area contributed by atoms with Crippen molar-refractivity contribution < 1.29 is 9.50 Å². The maximum absolute atomic E-state index is 13.4. The van der Waals surface area contributed by atoms with Crippen molar-refractivity contribution in [3.8, 4) is 5.75 Å². The van der Waals surface area contributed by atoms with Crippen molar-refractivity contribution in [2.45, 2.75) is 18.9 Å². The lowest BCUT2D eigenvalue weighted by atomic mass is 10.0. The molecule has 0 saturated heterocycles. The number of hydrogen-bond donors (Lipinski definition) is 2. The minimum Gasteiger partial charge on any atom is -0.506 e. The van der Waals surface area contributed by atoms with Gasteiger partial charge in [-0.25, -0.2) is 4.39 Å². The zero-order valence-corrected chi connectivity index (χ0v) is 10.2. The number of hydrogen-bond acceptors (Lipinski definition) is 2. The summed E-state index contributed by atoms with van der Waals surface area (Å²) in [4.78, 5) is 0. The molecule has 1 aromatic carbocycles. The Hall–Kier alpha value is -0.770. The molecule has 0 heterocycles. The van der Waals surface area contributed by atoms with Crippen molar-refractivity contribution in [1.29, 1.82) is 0 Å². The molecule has 3 N–H and O–H groups in total. The summed E-state index contributed by atoms with van der Waals surface area (Å²) in [5, 5.41) is 9.68. The summed E-state index contributed by atoms with van der Waals surface area (Å²) in [5.74, 6) is -0.804. The van der Waals surface area contributed by atoms with Gasteiger partial charge in [-0.05, 0) is 25.0 Å². The largest absolute Gasteiger partial charge is 0.506 e. The summed E-state index contributed by atoms with van der Waals surface area (Å²) in [6.07, 6.45) is 2.88. The third-order valence-electron chi connectivity index (χ3n) is 2.17. The van der Waals surface area contributed by atoms with Crippen molar-refractivity contribution in [3.05, 3.63) is 41.2 Å². The highest BCUT2D eigenvalue weighted by molar-refractivity contribution is 6.32. The van der Waals surface area contributed by atoms with E-state index in [2.05, 4.69) is 6.58 Å². The van der Waals surface area contributed by atoms with Gasteiger partial charge in [-0.2, -0.15) is 0 Å². The van der Waals surface area contributed by atoms with Crippen LogP contribution >= 0.6 is 24.0 Å². The van der Waals surface area contributed by atoms with Crippen molar-refractivity contribution >= 4 is 24.0 Å². The second kappa shape index (κ2) is 6.74. The van der Waals surface area contributed by atoms with Crippen LogP contribution in [0.2, 0.25) is 5.02 Å². The first-order chi connectivity index (χ1) is 7.07. The van der Waals surface area contributed by atoms with Gasteiger partial charge in [0.05, 0.1) is 5.02 Å². The number of halogens is 3. The minimum absolute atomic E-state index is 0. The molecule has 0 fully saturated rings. The summed E-state index contributed by atoms with van der Waals surface area (Å²) in [6, 6.07) is 1.93. The van der Waals surface area contributed by atoms with Gasteiger partial charge in [0.1, 0.15) is 11.6 Å². The molecule has 1 aromatic rings. The van der Waals surface area contributed by atoms with Gasteiger partial charge in [0.2, 0.25) is 0 Å². The summed E-state index contributed by atoms with van der Waals surface area (Å²) >= 11 is 5.67. The standard InChI is InChI=1S/C11H13ClFNO.ClH/c1-2-3-4-9(14)10-8(13)6-5-7(12)11(10)15;/h2,5-6,9,15H,1,3-4,14H2;1H/t9-;/m1./s1. The number of phenolic OH excluding ortho intramolecular Hbond substituents is 1. The average Bonchev–Trinajstić information content (AvgIpc) is 2.21. The van der Waals surface area contributed by atoms with Gasteiger partial charge in [-0.15, -0.1) is 19.0 Å². The normalized spacial score (nSPS) is 11.7. The van der Waals surface area contributed by atoms with Gasteiger partial charge < -0.3 is 10.8 Å². The number of nitrogens with two attached hydrogens (primary N) is 1. The predicted molar refractivity (Wildman–Crippen MR) is 66.7 cm³/mol. The van der Waals surface area contributed by atoms with Gasteiger partial charge in [-0.1, -0.05) is 17.7 Å². The Balaban J connectivity index is 0.00000225. The van der Waals surface area contributed by atoms with Crippen LogP contribution in [0.4, 0.5) is 4.39 Å². The van der Waals surface area contributed by atoms with Crippen molar-refractivity contribution in [1.82, 2.24) is 0 Å². The molecule has 0 aliphatic heterocycles. The van der Waals surface area contributed by atoms with Crippen LogP contribution in [0.25, 0.3) is 0 Å². The summed E-state index contributed by atoms with van der Waals surface area (Å²) in [6.45, 7) is 3.55. The fourth-order valence-electron chi connectivity index (χ4n) is 1.35. The maximum Gasteiger partial charge on any atom is 0.141 e. The number of phenols is 1. The molecule has 1 atom stereocenters. The lowest BCUT2D eigenvalue weighted by molar-refractivity contribution is 0.446. The zero-order chi connectivity index (χ0) is 11.4. The van der Waals surface area contributed by atoms with E-state index in [0.29, 0.717) is 12.8 Å². The minimum atomic E-state index is -0.568. The van der Waals surface area contributed by atoms with Gasteiger partial charge in [-0.3, -0.25) is 0 Å². The SMILES string of the molecule is C=CCC[C@@H](N)c1c(F)ccc(Cl)c1O.Cl.